The first-order valence-electron chi connectivity index (χ1n) is 5.03. The first-order chi connectivity index (χ1) is 6.73. The Morgan fingerprint density at radius 1 is 1.64 bits per heavy atom. The van der Waals surface area contributed by atoms with Gasteiger partial charge in [-0.3, -0.25) is 4.68 Å². The molecule has 0 saturated carbocycles. The van der Waals surface area contributed by atoms with Gasteiger partial charge >= 0.3 is 0 Å². The van der Waals surface area contributed by atoms with E-state index in [2.05, 4.69) is 22.3 Å². The largest absolute Gasteiger partial charge is 0.387 e. The van der Waals surface area contributed by atoms with Crippen molar-refractivity contribution in [3.63, 3.8) is 0 Å². The van der Waals surface area contributed by atoms with E-state index < -0.39 is 5.60 Å². The molecule has 1 aliphatic rings. The zero-order valence-electron chi connectivity index (χ0n) is 8.40. The van der Waals surface area contributed by atoms with Crippen LogP contribution in [0.3, 0.4) is 0 Å². The lowest BCUT2D eigenvalue weighted by molar-refractivity contribution is -0.0115. The average molecular weight is 196 g/mol. The predicted molar refractivity (Wildman–Crippen MR) is 51.8 cm³/mol. The summed E-state index contributed by atoms with van der Waals surface area (Å²) in [6.07, 6.45) is 3.19. The van der Waals surface area contributed by atoms with Crippen molar-refractivity contribution in [3.8, 4) is 0 Å². The van der Waals surface area contributed by atoms with E-state index in [-0.39, 0.29) is 0 Å². The van der Waals surface area contributed by atoms with Crippen molar-refractivity contribution in [2.75, 3.05) is 13.1 Å². The molecule has 0 bridgehead atoms. The van der Waals surface area contributed by atoms with E-state index in [1.54, 1.807) is 6.33 Å². The van der Waals surface area contributed by atoms with Crippen LogP contribution in [-0.4, -0.2) is 38.6 Å². The molecule has 5 nitrogen and oxygen atoms in total. The van der Waals surface area contributed by atoms with Crippen molar-refractivity contribution >= 4 is 0 Å². The molecule has 1 saturated heterocycles. The van der Waals surface area contributed by atoms with Gasteiger partial charge in [-0.1, -0.05) is 6.92 Å². The SMILES string of the molecule is CCCn1ncnc1CC1(O)CNC1. The summed E-state index contributed by atoms with van der Waals surface area (Å²) < 4.78 is 1.87. The van der Waals surface area contributed by atoms with Gasteiger partial charge in [-0.2, -0.15) is 5.10 Å². The third-order valence-corrected chi connectivity index (χ3v) is 2.53. The maximum Gasteiger partial charge on any atom is 0.138 e. The Labute approximate surface area is 83.2 Å². The summed E-state index contributed by atoms with van der Waals surface area (Å²) in [5.74, 6) is 0.885. The number of hydrogen-bond acceptors (Lipinski definition) is 4. The molecule has 0 amide bonds. The van der Waals surface area contributed by atoms with E-state index in [0.29, 0.717) is 19.5 Å². The molecule has 0 unspecified atom stereocenters. The molecule has 78 valence electrons. The monoisotopic (exact) mass is 196 g/mol. The number of nitrogens with one attached hydrogen (secondary N) is 1. The van der Waals surface area contributed by atoms with Crippen LogP contribution in [0.4, 0.5) is 0 Å². The van der Waals surface area contributed by atoms with Gasteiger partial charge in [-0.15, -0.1) is 0 Å². The molecule has 0 radical (unpaired) electrons. The number of β-amino-alcohol motifs (C(OH)–C–C–N with tert-alkyl or cyclic N) is 1. The van der Waals surface area contributed by atoms with Gasteiger partial charge in [0, 0.05) is 26.1 Å². The van der Waals surface area contributed by atoms with E-state index in [4.69, 9.17) is 0 Å². The minimum absolute atomic E-state index is 0.597. The van der Waals surface area contributed by atoms with E-state index >= 15 is 0 Å². The smallest absolute Gasteiger partial charge is 0.138 e. The molecule has 1 fully saturated rings. The second-order valence-corrected chi connectivity index (χ2v) is 3.90. The molecule has 0 spiro atoms. The summed E-state index contributed by atoms with van der Waals surface area (Å²) in [4.78, 5) is 4.17. The highest BCUT2D eigenvalue weighted by Gasteiger charge is 2.35. The minimum atomic E-state index is -0.599. The van der Waals surface area contributed by atoms with Crippen LogP contribution < -0.4 is 5.32 Å². The summed E-state index contributed by atoms with van der Waals surface area (Å²) in [6.45, 7) is 4.29. The van der Waals surface area contributed by atoms with Crippen LogP contribution in [0, 0.1) is 0 Å². The van der Waals surface area contributed by atoms with Crippen molar-refractivity contribution in [2.45, 2.75) is 31.9 Å². The molecular weight excluding hydrogens is 180 g/mol. The van der Waals surface area contributed by atoms with Crippen LogP contribution in [0.1, 0.15) is 19.2 Å². The van der Waals surface area contributed by atoms with Gasteiger partial charge in [0.25, 0.3) is 0 Å². The first-order valence-corrected chi connectivity index (χ1v) is 5.03. The molecule has 2 heterocycles. The van der Waals surface area contributed by atoms with Gasteiger partial charge in [0.15, 0.2) is 0 Å². The molecule has 14 heavy (non-hydrogen) atoms. The molecule has 2 N–H and O–H groups in total. The van der Waals surface area contributed by atoms with Gasteiger partial charge in [0.1, 0.15) is 12.2 Å². The molecule has 1 aliphatic heterocycles. The molecular formula is C9H16N4O. The Balaban J connectivity index is 2.04. The Kier molecular flexibility index (Phi) is 2.52. The number of aliphatic hydroxyl groups is 1. The molecule has 1 aromatic rings. The van der Waals surface area contributed by atoms with Crippen molar-refractivity contribution in [1.82, 2.24) is 20.1 Å². The molecule has 0 aliphatic carbocycles. The van der Waals surface area contributed by atoms with Crippen LogP contribution in [-0.2, 0) is 13.0 Å². The summed E-state index contributed by atoms with van der Waals surface area (Å²) in [7, 11) is 0. The van der Waals surface area contributed by atoms with Gasteiger partial charge in [0.05, 0.1) is 5.60 Å². The fraction of sp³-hybridized carbons (Fsp3) is 0.778. The second kappa shape index (κ2) is 3.67. The quantitative estimate of drug-likeness (QED) is 0.685. The van der Waals surface area contributed by atoms with Crippen molar-refractivity contribution < 1.29 is 5.11 Å². The van der Waals surface area contributed by atoms with E-state index in [0.717, 1.165) is 18.8 Å². The van der Waals surface area contributed by atoms with Crippen molar-refractivity contribution in [3.05, 3.63) is 12.2 Å². The van der Waals surface area contributed by atoms with Crippen molar-refractivity contribution in [1.29, 1.82) is 0 Å². The third-order valence-electron chi connectivity index (χ3n) is 2.53. The predicted octanol–water partition coefficient (Wildman–Crippen LogP) is -0.435. The van der Waals surface area contributed by atoms with Crippen LogP contribution in [0.2, 0.25) is 0 Å². The highest BCUT2D eigenvalue weighted by Crippen LogP contribution is 2.16. The second-order valence-electron chi connectivity index (χ2n) is 3.90. The minimum Gasteiger partial charge on any atom is -0.387 e. The molecule has 2 rings (SSSR count). The van der Waals surface area contributed by atoms with Gasteiger partial charge in [0.2, 0.25) is 0 Å². The number of hydrogen-bond donors (Lipinski definition) is 2. The van der Waals surface area contributed by atoms with Crippen LogP contribution in [0.15, 0.2) is 6.33 Å². The summed E-state index contributed by atoms with van der Waals surface area (Å²) >= 11 is 0. The number of aryl methyl sites for hydroxylation is 1. The maximum atomic E-state index is 9.93. The molecule has 1 aromatic heterocycles. The summed E-state index contributed by atoms with van der Waals surface area (Å²) in [6, 6.07) is 0. The summed E-state index contributed by atoms with van der Waals surface area (Å²) in [5, 5.41) is 17.1. The van der Waals surface area contributed by atoms with E-state index in [1.165, 1.54) is 0 Å². The van der Waals surface area contributed by atoms with Crippen LogP contribution >= 0.6 is 0 Å². The molecule has 5 heteroatoms. The Morgan fingerprint density at radius 3 is 3.00 bits per heavy atom. The zero-order chi connectivity index (χ0) is 10.0. The standard InChI is InChI=1S/C9H16N4O/c1-2-3-13-8(11-7-12-13)4-9(14)5-10-6-9/h7,10,14H,2-6H2,1H3. The fourth-order valence-electron chi connectivity index (χ4n) is 1.66. The third kappa shape index (κ3) is 1.78. The van der Waals surface area contributed by atoms with E-state index in [9.17, 15) is 5.11 Å². The van der Waals surface area contributed by atoms with Gasteiger partial charge in [-0.05, 0) is 6.42 Å². The Bertz CT molecular complexity index is 306. The lowest BCUT2D eigenvalue weighted by Crippen LogP contribution is -2.60. The van der Waals surface area contributed by atoms with Gasteiger partial charge < -0.3 is 10.4 Å². The topological polar surface area (TPSA) is 63.0 Å². The molecule has 0 atom stereocenters. The average Bonchev–Trinajstić information content (AvgIpc) is 2.51. The zero-order valence-corrected chi connectivity index (χ0v) is 8.40. The normalized spacial score (nSPS) is 19.3. The number of rotatable bonds is 4. The fourth-order valence-corrected chi connectivity index (χ4v) is 1.66. The lowest BCUT2D eigenvalue weighted by Gasteiger charge is -2.37. The summed E-state index contributed by atoms with van der Waals surface area (Å²) in [5.41, 5.74) is -0.599. The first kappa shape index (κ1) is 9.61. The maximum absolute atomic E-state index is 9.93. The number of nitrogens with zero attached hydrogens (tertiary/aromatic N) is 3. The highest BCUT2D eigenvalue weighted by atomic mass is 16.3. The number of aromatic nitrogens is 3. The Hall–Kier alpha value is -0.940. The lowest BCUT2D eigenvalue weighted by atomic mass is 9.93. The van der Waals surface area contributed by atoms with Gasteiger partial charge in [-0.25, -0.2) is 4.98 Å². The van der Waals surface area contributed by atoms with Crippen molar-refractivity contribution in [2.24, 2.45) is 0 Å². The van der Waals surface area contributed by atoms with Crippen LogP contribution in [0.5, 0.6) is 0 Å². The Morgan fingerprint density at radius 2 is 2.43 bits per heavy atom. The molecule has 0 aromatic carbocycles. The highest BCUT2D eigenvalue weighted by molar-refractivity contribution is 5.01. The van der Waals surface area contributed by atoms with Crippen LogP contribution in [0.25, 0.3) is 0 Å². The van der Waals surface area contributed by atoms with E-state index in [1.807, 2.05) is 4.68 Å².